The van der Waals surface area contributed by atoms with Crippen molar-refractivity contribution < 1.29 is 23.9 Å². The molecule has 0 bridgehead atoms. The molecule has 1 saturated carbocycles. The summed E-state index contributed by atoms with van der Waals surface area (Å²) >= 11 is 0. The first-order valence-electron chi connectivity index (χ1n) is 11.4. The summed E-state index contributed by atoms with van der Waals surface area (Å²) < 4.78 is 10.4. The van der Waals surface area contributed by atoms with Gasteiger partial charge in [0.2, 0.25) is 0 Å². The van der Waals surface area contributed by atoms with Crippen LogP contribution < -0.4 is 5.43 Å². The number of ether oxygens (including phenoxy) is 2. The molecule has 2 fully saturated rings. The number of amides is 1. The van der Waals surface area contributed by atoms with Gasteiger partial charge in [-0.3, -0.25) is 19.4 Å². The summed E-state index contributed by atoms with van der Waals surface area (Å²) in [7, 11) is 3.47. The molecular formula is C24H35N3O5. The summed E-state index contributed by atoms with van der Waals surface area (Å²) in [5, 5.41) is 1.49. The molecule has 0 spiro atoms. The number of rotatable bonds is 8. The Hall–Kier alpha value is -2.45. The molecule has 1 aromatic rings. The standard InChI is InChI=1S/C24H35N3O5/c1-16(2)26(3)18-10-11-21(20(14-18)23(29)31-4)25-27-13-12-19(22(27)28)24(30)32-15-17-8-6-5-7-9-17/h5-9,16,18-21,25H,10-15H2,1-4H3/t18-,19?,20+,21+/m1/s1. The fraction of sp³-hybridized carbons (Fsp3) is 0.625. The van der Waals surface area contributed by atoms with Crippen LogP contribution in [0.3, 0.4) is 0 Å². The molecule has 8 heteroatoms. The maximum Gasteiger partial charge on any atom is 0.318 e. The molecule has 0 radical (unpaired) electrons. The third kappa shape index (κ3) is 5.66. The lowest BCUT2D eigenvalue weighted by atomic mass is 9.81. The number of hydrogen-bond acceptors (Lipinski definition) is 7. The highest BCUT2D eigenvalue weighted by atomic mass is 16.5. The van der Waals surface area contributed by atoms with Crippen LogP contribution in [0.4, 0.5) is 0 Å². The van der Waals surface area contributed by atoms with Crippen LogP contribution in [0.25, 0.3) is 0 Å². The Morgan fingerprint density at radius 1 is 1.16 bits per heavy atom. The highest BCUT2D eigenvalue weighted by Crippen LogP contribution is 2.31. The van der Waals surface area contributed by atoms with Crippen molar-refractivity contribution in [3.8, 4) is 0 Å². The van der Waals surface area contributed by atoms with E-state index in [-0.39, 0.29) is 36.5 Å². The Kier molecular flexibility index (Phi) is 8.26. The summed E-state index contributed by atoms with van der Waals surface area (Å²) in [5.74, 6) is -2.24. The number of carbonyl (C=O) groups excluding carboxylic acids is 3. The van der Waals surface area contributed by atoms with E-state index in [9.17, 15) is 14.4 Å². The Balaban J connectivity index is 1.58. The van der Waals surface area contributed by atoms with Gasteiger partial charge in [0.25, 0.3) is 5.91 Å². The molecule has 1 heterocycles. The zero-order chi connectivity index (χ0) is 23.3. The Labute approximate surface area is 190 Å². The maximum atomic E-state index is 12.9. The van der Waals surface area contributed by atoms with E-state index in [2.05, 4.69) is 31.2 Å². The number of hydrazine groups is 1. The highest BCUT2D eigenvalue weighted by molar-refractivity contribution is 5.99. The average molecular weight is 446 g/mol. The van der Waals surface area contributed by atoms with Gasteiger partial charge in [-0.25, -0.2) is 5.43 Å². The first-order chi connectivity index (χ1) is 15.3. The van der Waals surface area contributed by atoms with E-state index in [1.165, 1.54) is 12.1 Å². The van der Waals surface area contributed by atoms with Gasteiger partial charge in [0.15, 0.2) is 0 Å². The minimum absolute atomic E-state index is 0.147. The van der Waals surface area contributed by atoms with Gasteiger partial charge in [-0.2, -0.15) is 0 Å². The molecule has 1 N–H and O–H groups in total. The van der Waals surface area contributed by atoms with Gasteiger partial charge in [0.1, 0.15) is 12.5 Å². The minimum Gasteiger partial charge on any atom is -0.469 e. The first kappa shape index (κ1) is 24.2. The highest BCUT2D eigenvalue weighted by Gasteiger charge is 2.43. The fourth-order valence-corrected chi connectivity index (χ4v) is 4.56. The number of hydrogen-bond donors (Lipinski definition) is 1. The Bertz CT molecular complexity index is 800. The van der Waals surface area contributed by atoms with E-state index in [4.69, 9.17) is 9.47 Å². The van der Waals surface area contributed by atoms with Gasteiger partial charge < -0.3 is 14.4 Å². The number of methoxy groups -OCH3 is 1. The minimum atomic E-state index is -0.814. The van der Waals surface area contributed by atoms with Gasteiger partial charge in [-0.15, -0.1) is 0 Å². The molecule has 1 unspecified atom stereocenters. The van der Waals surface area contributed by atoms with Crippen LogP contribution in [0, 0.1) is 11.8 Å². The molecule has 1 aromatic carbocycles. The van der Waals surface area contributed by atoms with E-state index < -0.39 is 11.9 Å². The van der Waals surface area contributed by atoms with Gasteiger partial charge in [-0.05, 0) is 52.1 Å². The molecule has 4 atom stereocenters. The summed E-state index contributed by atoms with van der Waals surface area (Å²) in [6.07, 6.45) is 2.73. The fourth-order valence-electron chi connectivity index (χ4n) is 4.56. The summed E-state index contributed by atoms with van der Waals surface area (Å²) in [4.78, 5) is 40.2. The normalized spacial score (nSPS) is 25.9. The summed E-state index contributed by atoms with van der Waals surface area (Å²) in [6.45, 7) is 4.83. The van der Waals surface area contributed by atoms with Crippen molar-refractivity contribution in [1.82, 2.24) is 15.3 Å². The van der Waals surface area contributed by atoms with E-state index >= 15 is 0 Å². The number of nitrogens with zero attached hydrogens (tertiary/aromatic N) is 2. The number of esters is 2. The second-order valence-corrected chi connectivity index (χ2v) is 9.02. The van der Waals surface area contributed by atoms with E-state index in [1.54, 1.807) is 0 Å². The molecule has 1 aliphatic carbocycles. The van der Waals surface area contributed by atoms with Crippen LogP contribution in [0.15, 0.2) is 30.3 Å². The van der Waals surface area contributed by atoms with Gasteiger partial charge >= 0.3 is 11.9 Å². The van der Waals surface area contributed by atoms with Crippen LogP contribution in [-0.4, -0.2) is 66.6 Å². The van der Waals surface area contributed by atoms with E-state index in [1.807, 2.05) is 30.3 Å². The van der Waals surface area contributed by atoms with Crippen molar-refractivity contribution >= 4 is 17.8 Å². The molecule has 1 aliphatic heterocycles. The predicted octanol–water partition coefficient (Wildman–Crippen LogP) is 2.13. The van der Waals surface area contributed by atoms with Gasteiger partial charge in [-0.1, -0.05) is 30.3 Å². The number of nitrogens with one attached hydrogen (secondary N) is 1. The SMILES string of the molecule is COC(=O)[C@H]1C[C@H](N(C)C(C)C)CC[C@@H]1NN1CCC(C(=O)OCc2ccccc2)C1=O. The second-order valence-electron chi connectivity index (χ2n) is 9.02. The third-order valence-corrected chi connectivity index (χ3v) is 6.75. The number of carbonyl (C=O) groups is 3. The molecule has 1 amide bonds. The predicted molar refractivity (Wildman–Crippen MR) is 119 cm³/mol. The average Bonchev–Trinajstić information content (AvgIpc) is 3.17. The first-order valence-corrected chi connectivity index (χ1v) is 11.4. The molecule has 8 nitrogen and oxygen atoms in total. The molecule has 32 heavy (non-hydrogen) atoms. The van der Waals surface area contributed by atoms with Crippen molar-refractivity contribution in [1.29, 1.82) is 0 Å². The lowest BCUT2D eigenvalue weighted by Crippen LogP contribution is -2.55. The quantitative estimate of drug-likeness (QED) is 0.484. The Morgan fingerprint density at radius 2 is 1.88 bits per heavy atom. The monoisotopic (exact) mass is 445 g/mol. The molecular weight excluding hydrogens is 410 g/mol. The second kappa shape index (κ2) is 10.9. The number of benzene rings is 1. The van der Waals surface area contributed by atoms with Crippen LogP contribution in [0.2, 0.25) is 0 Å². The summed E-state index contributed by atoms with van der Waals surface area (Å²) in [5.41, 5.74) is 4.12. The van der Waals surface area contributed by atoms with Crippen molar-refractivity contribution in [3.63, 3.8) is 0 Å². The summed E-state index contributed by atoms with van der Waals surface area (Å²) in [6, 6.07) is 9.85. The lowest BCUT2D eigenvalue weighted by Gasteiger charge is -2.41. The lowest BCUT2D eigenvalue weighted by molar-refractivity contribution is -0.156. The van der Waals surface area contributed by atoms with E-state index in [0.717, 1.165) is 18.4 Å². The van der Waals surface area contributed by atoms with Gasteiger partial charge in [0, 0.05) is 24.7 Å². The van der Waals surface area contributed by atoms with Crippen LogP contribution in [-0.2, 0) is 30.5 Å². The maximum absolute atomic E-state index is 12.9. The zero-order valence-corrected chi connectivity index (χ0v) is 19.5. The van der Waals surface area contributed by atoms with Crippen molar-refractivity contribution in [2.45, 2.75) is 64.3 Å². The molecule has 3 rings (SSSR count). The molecule has 2 aliphatic rings. The zero-order valence-electron chi connectivity index (χ0n) is 19.5. The van der Waals surface area contributed by atoms with E-state index in [0.29, 0.717) is 25.4 Å². The van der Waals surface area contributed by atoms with Gasteiger partial charge in [0.05, 0.1) is 13.0 Å². The molecule has 0 aromatic heterocycles. The van der Waals surface area contributed by atoms with Crippen LogP contribution >= 0.6 is 0 Å². The molecule has 176 valence electrons. The topological polar surface area (TPSA) is 88.2 Å². The van der Waals surface area contributed by atoms with Crippen molar-refractivity contribution in [2.75, 3.05) is 20.7 Å². The largest absolute Gasteiger partial charge is 0.469 e. The van der Waals surface area contributed by atoms with Crippen molar-refractivity contribution in [2.24, 2.45) is 11.8 Å². The van der Waals surface area contributed by atoms with Crippen LogP contribution in [0.5, 0.6) is 0 Å². The molecule has 1 saturated heterocycles. The third-order valence-electron chi connectivity index (χ3n) is 6.75. The smallest absolute Gasteiger partial charge is 0.318 e. The Morgan fingerprint density at radius 3 is 2.53 bits per heavy atom. The van der Waals surface area contributed by atoms with Crippen LogP contribution in [0.1, 0.15) is 45.1 Å². The van der Waals surface area contributed by atoms with Crippen molar-refractivity contribution in [3.05, 3.63) is 35.9 Å².